The van der Waals surface area contributed by atoms with Crippen LogP contribution in [0.25, 0.3) is 6.08 Å². The van der Waals surface area contributed by atoms with E-state index in [0.717, 1.165) is 12.0 Å². The van der Waals surface area contributed by atoms with E-state index in [2.05, 4.69) is 15.4 Å². The van der Waals surface area contributed by atoms with Crippen molar-refractivity contribution in [1.82, 2.24) is 10.0 Å². The van der Waals surface area contributed by atoms with E-state index in [1.807, 2.05) is 12.2 Å². The lowest BCUT2D eigenvalue weighted by atomic mass is 9.95. The zero-order chi connectivity index (χ0) is 16.4. The highest BCUT2D eigenvalue weighted by Gasteiger charge is 2.26. The Morgan fingerprint density at radius 3 is 2.91 bits per heavy atom. The predicted molar refractivity (Wildman–Crippen MR) is 92.1 cm³/mol. The summed E-state index contributed by atoms with van der Waals surface area (Å²) in [6, 6.07) is 3.19. The third-order valence-electron chi connectivity index (χ3n) is 3.56. The van der Waals surface area contributed by atoms with E-state index in [1.165, 1.54) is 24.8 Å². The number of carbonyl (C=O) groups is 1. The monoisotopic (exact) mass is 351 g/mol. The standard InChI is InChI=1S/C15H17N3O3S2/c1-10(19)17-13-6-7-14(12-5-3-2-4-11(12)13)23(20,21)18-15-16-8-9-22-15/h3,5-9,15-16,18H,2,4H2,1H3,(H,17,19). The third-order valence-corrected chi connectivity index (χ3v) is 6.00. The zero-order valence-corrected chi connectivity index (χ0v) is 14.1. The molecule has 23 heavy (non-hydrogen) atoms. The van der Waals surface area contributed by atoms with Gasteiger partial charge in [-0.05, 0) is 41.5 Å². The van der Waals surface area contributed by atoms with Crippen LogP contribution in [0.15, 0.2) is 34.7 Å². The van der Waals surface area contributed by atoms with Gasteiger partial charge in [0.2, 0.25) is 15.9 Å². The van der Waals surface area contributed by atoms with Crippen molar-refractivity contribution in [2.45, 2.75) is 30.2 Å². The van der Waals surface area contributed by atoms with Gasteiger partial charge in [-0.25, -0.2) is 8.42 Å². The first-order valence-corrected chi connectivity index (χ1v) is 9.59. The molecule has 3 N–H and O–H groups in total. The number of amides is 1. The van der Waals surface area contributed by atoms with Crippen molar-refractivity contribution in [2.75, 3.05) is 5.32 Å². The number of allylic oxidation sites excluding steroid dienone is 1. The van der Waals surface area contributed by atoms with Gasteiger partial charge in [-0.3, -0.25) is 4.79 Å². The van der Waals surface area contributed by atoms with E-state index >= 15 is 0 Å². The summed E-state index contributed by atoms with van der Waals surface area (Å²) in [6.45, 7) is 1.44. The van der Waals surface area contributed by atoms with Gasteiger partial charge in [-0.1, -0.05) is 23.9 Å². The molecule has 1 aliphatic heterocycles. The Morgan fingerprint density at radius 2 is 2.22 bits per heavy atom. The van der Waals surface area contributed by atoms with Crippen LogP contribution >= 0.6 is 11.8 Å². The lowest BCUT2D eigenvalue weighted by Gasteiger charge is -2.20. The molecular formula is C15H17N3O3S2. The van der Waals surface area contributed by atoms with Crippen LogP contribution < -0.4 is 15.4 Å². The van der Waals surface area contributed by atoms with Crippen molar-refractivity contribution in [3.05, 3.63) is 40.9 Å². The highest BCUT2D eigenvalue weighted by Crippen LogP contribution is 2.32. The second kappa shape index (κ2) is 6.38. The second-order valence-electron chi connectivity index (χ2n) is 5.23. The van der Waals surface area contributed by atoms with Crippen LogP contribution in [0.1, 0.15) is 24.5 Å². The number of sulfonamides is 1. The molecule has 0 bridgehead atoms. The molecule has 0 saturated carbocycles. The summed E-state index contributed by atoms with van der Waals surface area (Å²) in [5, 5.41) is 7.48. The third kappa shape index (κ3) is 3.44. The molecule has 0 radical (unpaired) electrons. The Labute approximate surface area is 139 Å². The molecule has 0 aromatic heterocycles. The van der Waals surface area contributed by atoms with E-state index in [9.17, 15) is 13.2 Å². The van der Waals surface area contributed by atoms with E-state index in [-0.39, 0.29) is 10.8 Å². The molecule has 1 aromatic carbocycles. The van der Waals surface area contributed by atoms with Gasteiger partial charge in [0.25, 0.3) is 0 Å². The number of fused-ring (bicyclic) bond motifs is 1. The number of nitrogens with one attached hydrogen (secondary N) is 3. The minimum atomic E-state index is -3.67. The van der Waals surface area contributed by atoms with Gasteiger partial charge in [-0.15, -0.1) is 0 Å². The average molecular weight is 351 g/mol. The Hall–Kier alpha value is -1.77. The molecule has 0 spiro atoms. The van der Waals surface area contributed by atoms with Gasteiger partial charge in [-0.2, -0.15) is 4.72 Å². The van der Waals surface area contributed by atoms with Gasteiger partial charge in [0.15, 0.2) is 0 Å². The molecule has 1 aliphatic carbocycles. The minimum Gasteiger partial charge on any atom is -0.366 e. The van der Waals surface area contributed by atoms with Gasteiger partial charge in [0, 0.05) is 18.8 Å². The molecule has 3 rings (SSSR count). The maximum absolute atomic E-state index is 12.7. The maximum atomic E-state index is 12.7. The summed E-state index contributed by atoms with van der Waals surface area (Å²) < 4.78 is 28.0. The molecular weight excluding hydrogens is 334 g/mol. The Kier molecular flexibility index (Phi) is 4.47. The normalized spacial score (nSPS) is 19.3. The first-order chi connectivity index (χ1) is 11.0. The quantitative estimate of drug-likeness (QED) is 0.772. The number of hydrogen-bond donors (Lipinski definition) is 3. The van der Waals surface area contributed by atoms with Crippen molar-refractivity contribution in [1.29, 1.82) is 0 Å². The fourth-order valence-electron chi connectivity index (χ4n) is 2.62. The van der Waals surface area contributed by atoms with Crippen LogP contribution in [0, 0.1) is 0 Å². The van der Waals surface area contributed by atoms with E-state index in [1.54, 1.807) is 17.7 Å². The van der Waals surface area contributed by atoms with Gasteiger partial charge in [0.05, 0.1) is 4.90 Å². The van der Waals surface area contributed by atoms with Crippen molar-refractivity contribution in [3.8, 4) is 0 Å². The maximum Gasteiger partial charge on any atom is 0.243 e. The van der Waals surface area contributed by atoms with Crippen molar-refractivity contribution < 1.29 is 13.2 Å². The molecule has 122 valence electrons. The summed E-state index contributed by atoms with van der Waals surface area (Å²) in [4.78, 5) is 11.6. The number of carbonyl (C=O) groups excluding carboxylic acids is 1. The van der Waals surface area contributed by atoms with Crippen LogP contribution in [0.2, 0.25) is 0 Å². The molecule has 0 fully saturated rings. The first kappa shape index (κ1) is 16.1. The van der Waals surface area contributed by atoms with E-state index < -0.39 is 15.5 Å². The van der Waals surface area contributed by atoms with Crippen LogP contribution in [-0.2, 0) is 21.2 Å². The Morgan fingerprint density at radius 1 is 1.39 bits per heavy atom. The van der Waals surface area contributed by atoms with E-state index in [0.29, 0.717) is 17.7 Å². The van der Waals surface area contributed by atoms with Gasteiger partial charge in [0.1, 0.15) is 5.50 Å². The van der Waals surface area contributed by atoms with Gasteiger partial charge < -0.3 is 10.6 Å². The van der Waals surface area contributed by atoms with Crippen molar-refractivity contribution in [3.63, 3.8) is 0 Å². The Balaban J connectivity index is 1.99. The molecule has 8 heteroatoms. The van der Waals surface area contributed by atoms with Crippen LogP contribution in [-0.4, -0.2) is 19.8 Å². The summed E-state index contributed by atoms with van der Waals surface area (Å²) in [7, 11) is -3.67. The molecule has 1 heterocycles. The average Bonchev–Trinajstić information content (AvgIpc) is 2.99. The number of benzene rings is 1. The van der Waals surface area contributed by atoms with Crippen molar-refractivity contribution in [2.24, 2.45) is 0 Å². The topological polar surface area (TPSA) is 87.3 Å². The van der Waals surface area contributed by atoms with Crippen LogP contribution in [0.3, 0.4) is 0 Å². The summed E-state index contributed by atoms with van der Waals surface area (Å²) in [5.74, 6) is -0.173. The highest BCUT2D eigenvalue weighted by atomic mass is 32.2. The number of thioether (sulfide) groups is 1. The Bertz CT molecular complexity index is 792. The second-order valence-corrected chi connectivity index (χ2v) is 7.93. The lowest BCUT2D eigenvalue weighted by Crippen LogP contribution is -2.38. The molecule has 2 aliphatic rings. The summed E-state index contributed by atoms with van der Waals surface area (Å²) in [5.41, 5.74) is 1.77. The van der Waals surface area contributed by atoms with Crippen LogP contribution in [0.5, 0.6) is 0 Å². The largest absolute Gasteiger partial charge is 0.366 e. The summed E-state index contributed by atoms with van der Waals surface area (Å²) in [6.07, 6.45) is 6.98. The molecule has 6 nitrogen and oxygen atoms in total. The van der Waals surface area contributed by atoms with E-state index in [4.69, 9.17) is 0 Å². The zero-order valence-electron chi connectivity index (χ0n) is 12.5. The molecule has 1 unspecified atom stereocenters. The molecule has 1 atom stereocenters. The fourth-order valence-corrected chi connectivity index (χ4v) is 4.89. The molecule has 1 amide bonds. The van der Waals surface area contributed by atoms with Crippen LogP contribution in [0.4, 0.5) is 5.69 Å². The fraction of sp³-hybridized carbons (Fsp3) is 0.267. The SMILES string of the molecule is CC(=O)Nc1ccc(S(=O)(=O)NC2NC=CS2)c2c1CCC=C2. The first-order valence-electron chi connectivity index (χ1n) is 7.16. The molecule has 0 saturated heterocycles. The number of rotatable bonds is 4. The minimum absolute atomic E-state index is 0.173. The number of hydrogen-bond acceptors (Lipinski definition) is 5. The molecule has 1 aromatic rings. The lowest BCUT2D eigenvalue weighted by molar-refractivity contribution is -0.114. The number of anilines is 1. The summed E-state index contributed by atoms with van der Waals surface area (Å²) >= 11 is 1.36. The highest BCUT2D eigenvalue weighted by molar-refractivity contribution is 8.03. The van der Waals surface area contributed by atoms with Crippen molar-refractivity contribution >= 4 is 39.5 Å². The predicted octanol–water partition coefficient (Wildman–Crippen LogP) is 1.97. The smallest absolute Gasteiger partial charge is 0.243 e. The van der Waals surface area contributed by atoms with Gasteiger partial charge >= 0.3 is 0 Å².